The molecule has 0 radical (unpaired) electrons. The average molecular weight is 881 g/mol. The van der Waals surface area contributed by atoms with Crippen LogP contribution in [0, 0.1) is 0 Å². The zero-order chi connectivity index (χ0) is 45.1. The lowest BCUT2D eigenvalue weighted by molar-refractivity contribution is -0.383. The van der Waals surface area contributed by atoms with Gasteiger partial charge in [-0.3, -0.25) is 0 Å². The Morgan fingerprint density at radius 3 is 1.74 bits per heavy atom. The van der Waals surface area contributed by atoms with Crippen LogP contribution in [0.3, 0.4) is 0 Å². The summed E-state index contributed by atoms with van der Waals surface area (Å²) in [6.45, 7) is 22.0. The van der Waals surface area contributed by atoms with Crippen molar-refractivity contribution in [3.63, 3.8) is 0 Å². The van der Waals surface area contributed by atoms with Crippen molar-refractivity contribution in [3.05, 3.63) is 96.6 Å². The van der Waals surface area contributed by atoms with E-state index in [-0.39, 0.29) is 33.0 Å². The molecular formula is C47H68O12Si2. The summed E-state index contributed by atoms with van der Waals surface area (Å²) in [6, 6.07) is 29.4. The van der Waals surface area contributed by atoms with E-state index < -0.39 is 80.1 Å². The maximum absolute atomic E-state index is 15.8. The minimum atomic E-state index is -3.37. The molecule has 0 amide bonds. The number of esters is 2. The minimum Gasteiger partial charge on any atom is -0.458 e. The van der Waals surface area contributed by atoms with Gasteiger partial charge in [-0.15, -0.1) is 0 Å². The molecule has 3 aromatic carbocycles. The van der Waals surface area contributed by atoms with Crippen LogP contribution in [-0.4, -0.2) is 107 Å². The molecule has 0 aromatic heterocycles. The molecule has 61 heavy (non-hydrogen) atoms. The lowest BCUT2D eigenvalue weighted by Gasteiger charge is -2.56. The summed E-state index contributed by atoms with van der Waals surface area (Å²) >= 11 is 0. The molecule has 0 spiro atoms. The van der Waals surface area contributed by atoms with E-state index in [1.54, 1.807) is 41.5 Å². The quantitative estimate of drug-likeness (QED) is 0.0673. The topological polar surface area (TPSA) is 137 Å². The molecule has 12 nitrogen and oxygen atoms in total. The zero-order valence-corrected chi connectivity index (χ0v) is 40.4. The van der Waals surface area contributed by atoms with Crippen LogP contribution >= 0.6 is 0 Å². The number of aliphatic hydroxyl groups excluding tert-OH is 1. The van der Waals surface area contributed by atoms with Crippen LogP contribution in [0.5, 0.6) is 0 Å². The molecule has 6 atom stereocenters. The molecule has 0 aliphatic carbocycles. The van der Waals surface area contributed by atoms with Gasteiger partial charge in [0, 0.05) is 13.5 Å². The second kappa shape index (κ2) is 18.4. The summed E-state index contributed by atoms with van der Waals surface area (Å²) in [5, 5.41) is 14.3. The number of aliphatic hydroxyl groups is 1. The molecule has 2 bridgehead atoms. The lowest BCUT2D eigenvalue weighted by atomic mass is 9.74. The van der Waals surface area contributed by atoms with Crippen LogP contribution in [0.1, 0.15) is 74.3 Å². The number of benzene rings is 3. The highest BCUT2D eigenvalue weighted by molar-refractivity contribution is 6.99. The molecule has 14 heteroatoms. The van der Waals surface area contributed by atoms with Crippen LogP contribution in [0.4, 0.5) is 0 Å². The number of hydrogen-bond donors (Lipinski definition) is 1. The van der Waals surface area contributed by atoms with E-state index in [1.165, 1.54) is 7.11 Å². The molecular weight excluding hydrogens is 813 g/mol. The van der Waals surface area contributed by atoms with Gasteiger partial charge in [0.15, 0.2) is 8.32 Å². The van der Waals surface area contributed by atoms with E-state index in [0.29, 0.717) is 0 Å². The standard InChI is InChI=1S/C47H68O12Si2/c1-42(2,3)56-40(49)46(59-60(11,12)13)37(32-54-61(44(7,8)9,35-25-19-15-20-26-35)36-27-21-16-22-28-36)55-45(29-30-52-33-51-10)38(48)39(53-31-34-23-17-14-18-24-34)47(46,58-45)41(50)57-43(4,5)6/h14-28,37-39,48H,29-33H2,1-13H3/t37?,38-,39-,45?,46?,47+/m1/s1. The number of rotatable bonds is 17. The molecule has 3 aromatic rings. The predicted molar refractivity (Wildman–Crippen MR) is 237 cm³/mol. The number of carbonyl (C=O) groups is 2. The van der Waals surface area contributed by atoms with Crippen LogP contribution in [0.2, 0.25) is 24.7 Å². The van der Waals surface area contributed by atoms with Crippen molar-refractivity contribution in [2.75, 3.05) is 27.1 Å². The zero-order valence-electron chi connectivity index (χ0n) is 38.4. The average Bonchev–Trinajstić information content (AvgIpc) is 3.38. The molecule has 2 fully saturated rings. The third kappa shape index (κ3) is 10.1. The van der Waals surface area contributed by atoms with E-state index in [0.717, 1.165) is 15.9 Å². The second-order valence-corrected chi connectivity index (χ2v) is 28.6. The van der Waals surface area contributed by atoms with Gasteiger partial charge >= 0.3 is 11.9 Å². The first-order valence-corrected chi connectivity index (χ1v) is 26.4. The number of fused-ring (bicyclic) bond motifs is 2. The molecule has 336 valence electrons. The highest BCUT2D eigenvalue weighted by atomic mass is 28.4. The van der Waals surface area contributed by atoms with Crippen molar-refractivity contribution in [2.24, 2.45) is 0 Å². The van der Waals surface area contributed by atoms with Crippen molar-refractivity contribution in [2.45, 2.75) is 147 Å². The Balaban J connectivity index is 1.87. The second-order valence-electron chi connectivity index (χ2n) is 19.9. The third-order valence-corrected chi connectivity index (χ3v) is 16.6. The maximum atomic E-state index is 15.8. The van der Waals surface area contributed by atoms with E-state index >= 15 is 9.59 Å². The molecule has 2 heterocycles. The predicted octanol–water partition coefficient (Wildman–Crippen LogP) is 6.66. The third-order valence-electron chi connectivity index (χ3n) is 10.6. The number of carbonyl (C=O) groups excluding carboxylic acids is 2. The van der Waals surface area contributed by atoms with Crippen LogP contribution < -0.4 is 10.4 Å². The Bertz CT molecular complexity index is 1870. The fourth-order valence-electron chi connectivity index (χ4n) is 8.45. The number of hydrogen-bond acceptors (Lipinski definition) is 12. The van der Waals surface area contributed by atoms with Gasteiger partial charge in [-0.05, 0) is 82.2 Å². The monoisotopic (exact) mass is 880 g/mol. The molecule has 5 rings (SSSR count). The van der Waals surface area contributed by atoms with Gasteiger partial charge in [-0.1, -0.05) is 112 Å². The van der Waals surface area contributed by atoms with E-state index in [1.807, 2.05) is 86.4 Å². The van der Waals surface area contributed by atoms with Gasteiger partial charge in [0.25, 0.3) is 8.32 Å². The molecule has 2 aliphatic rings. The molecule has 2 aliphatic heterocycles. The highest BCUT2D eigenvalue weighted by Crippen LogP contribution is 2.59. The first-order valence-electron chi connectivity index (χ1n) is 21.1. The van der Waals surface area contributed by atoms with Crippen molar-refractivity contribution >= 4 is 38.9 Å². The van der Waals surface area contributed by atoms with E-state index in [2.05, 4.69) is 45.0 Å². The van der Waals surface area contributed by atoms with Crippen molar-refractivity contribution < 1.29 is 56.7 Å². The fraction of sp³-hybridized carbons (Fsp3) is 0.574. The lowest BCUT2D eigenvalue weighted by Crippen LogP contribution is -2.81. The summed E-state index contributed by atoms with van der Waals surface area (Å²) < 4.78 is 59.3. The van der Waals surface area contributed by atoms with E-state index in [9.17, 15) is 5.11 Å². The van der Waals surface area contributed by atoms with Gasteiger partial charge < -0.3 is 47.1 Å². The Labute approximate surface area is 364 Å². The number of methoxy groups -OCH3 is 1. The Morgan fingerprint density at radius 1 is 0.754 bits per heavy atom. The summed E-state index contributed by atoms with van der Waals surface area (Å²) in [5.74, 6) is -3.95. The summed E-state index contributed by atoms with van der Waals surface area (Å²) in [5.41, 5.74) is -6.46. The van der Waals surface area contributed by atoms with Crippen molar-refractivity contribution in [1.82, 2.24) is 0 Å². The van der Waals surface area contributed by atoms with Gasteiger partial charge in [-0.25, -0.2) is 9.59 Å². The van der Waals surface area contributed by atoms with Crippen LogP contribution in [-0.2, 0) is 58.2 Å². The summed E-state index contributed by atoms with van der Waals surface area (Å²) in [4.78, 5) is 31.4. The van der Waals surface area contributed by atoms with Gasteiger partial charge in [-0.2, -0.15) is 0 Å². The number of ether oxygens (including phenoxy) is 7. The first-order chi connectivity index (χ1) is 28.4. The molecule has 0 saturated carbocycles. The fourth-order valence-corrected chi connectivity index (χ4v) is 14.3. The summed E-state index contributed by atoms with van der Waals surface area (Å²) in [7, 11) is -4.89. The smallest absolute Gasteiger partial charge is 0.345 e. The Kier molecular flexibility index (Phi) is 14.7. The van der Waals surface area contributed by atoms with Gasteiger partial charge in [0.2, 0.25) is 17.0 Å². The summed E-state index contributed by atoms with van der Waals surface area (Å²) in [6.07, 6.45) is -4.87. The van der Waals surface area contributed by atoms with Crippen LogP contribution in [0.15, 0.2) is 91.0 Å². The molecule has 2 saturated heterocycles. The molecule has 3 unspecified atom stereocenters. The van der Waals surface area contributed by atoms with Gasteiger partial charge in [0.1, 0.15) is 36.3 Å². The first kappa shape index (κ1) is 48.7. The molecule has 1 N–H and O–H groups in total. The van der Waals surface area contributed by atoms with Crippen molar-refractivity contribution in [1.29, 1.82) is 0 Å². The maximum Gasteiger partial charge on any atom is 0.345 e. The largest absolute Gasteiger partial charge is 0.458 e. The normalized spacial score (nSPS) is 25.9. The SMILES string of the molecule is COCOCCC12OC(CO[Si](c3ccccc3)(c3ccccc3)C(C)(C)C)C(O[Si](C)(C)C)(C(=O)OC(C)(C)C)[C@](C(=O)OC(C)(C)C)(O1)[C@H](OCc1ccccc1)[C@H]2O. The van der Waals surface area contributed by atoms with E-state index in [4.69, 9.17) is 42.0 Å². The Morgan fingerprint density at radius 2 is 1.26 bits per heavy atom. The van der Waals surface area contributed by atoms with Gasteiger partial charge in [0.05, 0.1) is 19.8 Å². The van der Waals surface area contributed by atoms with Crippen molar-refractivity contribution in [3.8, 4) is 0 Å². The Hall–Kier alpha value is -3.29. The highest BCUT2D eigenvalue weighted by Gasteiger charge is 2.86. The minimum absolute atomic E-state index is 0.0305. The van der Waals surface area contributed by atoms with Crippen LogP contribution in [0.25, 0.3) is 0 Å².